The number of methoxy groups -OCH3 is 1. The summed E-state index contributed by atoms with van der Waals surface area (Å²) < 4.78 is 5.40. The molecule has 0 atom stereocenters. The van der Waals surface area contributed by atoms with Gasteiger partial charge in [0, 0.05) is 36.7 Å². The highest BCUT2D eigenvalue weighted by atomic mass is 16.5. The molecule has 21 heavy (non-hydrogen) atoms. The number of aliphatic hydroxyl groups is 1. The Balaban J connectivity index is 2.99. The van der Waals surface area contributed by atoms with Crippen molar-refractivity contribution >= 4 is 0 Å². The van der Waals surface area contributed by atoms with Crippen molar-refractivity contribution in [1.82, 2.24) is 4.90 Å². The third kappa shape index (κ3) is 5.47. The smallest absolute Gasteiger partial charge is 0.123 e. The van der Waals surface area contributed by atoms with Gasteiger partial charge in [0.2, 0.25) is 0 Å². The maximum atomic E-state index is 8.78. The number of hydrogen-bond acceptors (Lipinski definition) is 4. The molecule has 0 aliphatic carbocycles. The van der Waals surface area contributed by atoms with Gasteiger partial charge in [-0.15, -0.1) is 0 Å². The summed E-state index contributed by atoms with van der Waals surface area (Å²) in [5, 5.41) is 17.5. The Hall–Kier alpha value is -2.01. The summed E-state index contributed by atoms with van der Waals surface area (Å²) in [5.41, 5.74) is 1.89. The maximum Gasteiger partial charge on any atom is 0.123 e. The Bertz CT molecular complexity index is 550. The Morgan fingerprint density at radius 2 is 2.14 bits per heavy atom. The van der Waals surface area contributed by atoms with Crippen LogP contribution in [0.25, 0.3) is 0 Å². The van der Waals surface area contributed by atoms with Gasteiger partial charge in [-0.25, -0.2) is 0 Å². The number of aliphatic hydroxyl groups excluding tert-OH is 1. The van der Waals surface area contributed by atoms with Crippen LogP contribution < -0.4 is 4.74 Å². The Labute approximate surface area is 127 Å². The van der Waals surface area contributed by atoms with Crippen LogP contribution in [0.3, 0.4) is 0 Å². The van der Waals surface area contributed by atoms with Gasteiger partial charge >= 0.3 is 0 Å². The van der Waals surface area contributed by atoms with Gasteiger partial charge in [0.15, 0.2) is 0 Å². The first kappa shape index (κ1) is 17.0. The predicted octanol–water partition coefficient (Wildman–Crippen LogP) is 2.16. The summed E-state index contributed by atoms with van der Waals surface area (Å²) in [6.07, 6.45) is 0.504. The summed E-state index contributed by atoms with van der Waals surface area (Å²) in [5.74, 6) is 6.37. The zero-order chi connectivity index (χ0) is 15.7. The summed E-state index contributed by atoms with van der Waals surface area (Å²) in [6.45, 7) is 5.50. The highest BCUT2D eigenvalue weighted by Crippen LogP contribution is 2.22. The van der Waals surface area contributed by atoms with Crippen LogP contribution in [0.1, 0.15) is 31.4 Å². The number of ether oxygens (including phenoxy) is 1. The molecule has 0 aromatic heterocycles. The lowest BCUT2D eigenvalue weighted by Crippen LogP contribution is -2.31. The summed E-state index contributed by atoms with van der Waals surface area (Å²) in [7, 11) is 1.65. The zero-order valence-electron chi connectivity index (χ0n) is 12.9. The summed E-state index contributed by atoms with van der Waals surface area (Å²) in [4.78, 5) is 2.23. The van der Waals surface area contributed by atoms with Crippen LogP contribution in [0.5, 0.6) is 5.75 Å². The third-order valence-electron chi connectivity index (χ3n) is 3.21. The molecule has 0 saturated carbocycles. The monoisotopic (exact) mass is 286 g/mol. The fourth-order valence-corrected chi connectivity index (χ4v) is 2.05. The molecular weight excluding hydrogens is 264 g/mol. The molecule has 0 unspecified atom stereocenters. The fourth-order valence-electron chi connectivity index (χ4n) is 2.05. The number of nitriles is 1. The lowest BCUT2D eigenvalue weighted by Gasteiger charge is -2.26. The highest BCUT2D eigenvalue weighted by molar-refractivity contribution is 5.44. The summed E-state index contributed by atoms with van der Waals surface area (Å²) in [6, 6.07) is 8.27. The van der Waals surface area contributed by atoms with Gasteiger partial charge in [0.1, 0.15) is 12.4 Å². The third-order valence-corrected chi connectivity index (χ3v) is 3.21. The van der Waals surface area contributed by atoms with Crippen molar-refractivity contribution < 1.29 is 9.84 Å². The molecule has 4 nitrogen and oxygen atoms in total. The predicted molar refractivity (Wildman–Crippen MR) is 82.7 cm³/mol. The molecule has 0 amide bonds. The Morgan fingerprint density at radius 3 is 2.71 bits per heavy atom. The van der Waals surface area contributed by atoms with E-state index in [1.54, 1.807) is 7.11 Å². The van der Waals surface area contributed by atoms with Crippen LogP contribution in [-0.2, 0) is 6.54 Å². The molecule has 4 heteroatoms. The molecule has 112 valence electrons. The van der Waals surface area contributed by atoms with E-state index in [4.69, 9.17) is 15.1 Å². The first-order valence-electron chi connectivity index (χ1n) is 7.00. The molecule has 0 heterocycles. The zero-order valence-corrected chi connectivity index (χ0v) is 12.9. The van der Waals surface area contributed by atoms with Crippen LogP contribution in [-0.4, -0.2) is 36.3 Å². The van der Waals surface area contributed by atoms with Gasteiger partial charge in [-0.2, -0.15) is 5.26 Å². The lowest BCUT2D eigenvalue weighted by atomic mass is 10.1. The molecule has 1 aromatic rings. The maximum absolute atomic E-state index is 8.78. The molecule has 0 fully saturated rings. The minimum atomic E-state index is -0.151. The quantitative estimate of drug-likeness (QED) is 0.814. The van der Waals surface area contributed by atoms with E-state index in [0.717, 1.165) is 23.4 Å². The number of hydrogen-bond donors (Lipinski definition) is 1. The first-order valence-corrected chi connectivity index (χ1v) is 7.00. The second-order valence-electron chi connectivity index (χ2n) is 4.96. The van der Waals surface area contributed by atoms with E-state index in [0.29, 0.717) is 19.0 Å². The fraction of sp³-hybridized carbons (Fsp3) is 0.471. The van der Waals surface area contributed by atoms with Crippen molar-refractivity contribution in [3.63, 3.8) is 0 Å². The molecule has 0 bridgehead atoms. The van der Waals surface area contributed by atoms with Gasteiger partial charge in [0.05, 0.1) is 13.2 Å². The molecular formula is C17H22N2O2. The van der Waals surface area contributed by atoms with Gasteiger partial charge in [-0.05, 0) is 32.0 Å². The molecule has 0 aliphatic rings. The van der Waals surface area contributed by atoms with E-state index in [9.17, 15) is 0 Å². The van der Waals surface area contributed by atoms with Crippen molar-refractivity contribution in [2.24, 2.45) is 0 Å². The van der Waals surface area contributed by atoms with Crippen LogP contribution in [0, 0.1) is 23.2 Å². The van der Waals surface area contributed by atoms with Crippen molar-refractivity contribution in [2.75, 3.05) is 20.3 Å². The van der Waals surface area contributed by atoms with E-state index in [1.165, 1.54) is 0 Å². The minimum Gasteiger partial charge on any atom is -0.496 e. The van der Waals surface area contributed by atoms with E-state index in [1.807, 2.05) is 18.2 Å². The average molecular weight is 286 g/mol. The van der Waals surface area contributed by atoms with Crippen LogP contribution in [0.15, 0.2) is 18.2 Å². The van der Waals surface area contributed by atoms with Crippen LogP contribution in [0.4, 0.5) is 0 Å². The normalized spacial score (nSPS) is 10.1. The number of nitrogens with zero attached hydrogens (tertiary/aromatic N) is 2. The SMILES string of the molecule is COc1ccc(C#CCO)cc1CN(CCC#N)C(C)C. The molecule has 1 aromatic carbocycles. The Kier molecular flexibility index (Phi) is 7.32. The first-order chi connectivity index (χ1) is 10.1. The summed E-state index contributed by atoms with van der Waals surface area (Å²) >= 11 is 0. The van der Waals surface area contributed by atoms with E-state index >= 15 is 0 Å². The molecule has 0 spiro atoms. The largest absolute Gasteiger partial charge is 0.496 e. The van der Waals surface area contributed by atoms with E-state index in [-0.39, 0.29) is 6.61 Å². The second-order valence-corrected chi connectivity index (χ2v) is 4.96. The van der Waals surface area contributed by atoms with Crippen molar-refractivity contribution in [3.8, 4) is 23.7 Å². The van der Waals surface area contributed by atoms with Gasteiger partial charge in [-0.1, -0.05) is 11.8 Å². The minimum absolute atomic E-state index is 0.151. The van der Waals surface area contributed by atoms with Crippen LogP contribution >= 0.6 is 0 Å². The molecule has 1 rings (SSSR count). The molecule has 1 N–H and O–H groups in total. The van der Waals surface area contributed by atoms with Crippen molar-refractivity contribution in [2.45, 2.75) is 32.9 Å². The number of rotatable bonds is 6. The van der Waals surface area contributed by atoms with E-state index in [2.05, 4.69) is 36.7 Å². The second kappa shape index (κ2) is 9.02. The van der Waals surface area contributed by atoms with E-state index < -0.39 is 0 Å². The topological polar surface area (TPSA) is 56.5 Å². The van der Waals surface area contributed by atoms with Gasteiger partial charge in [0.25, 0.3) is 0 Å². The molecule has 0 radical (unpaired) electrons. The highest BCUT2D eigenvalue weighted by Gasteiger charge is 2.13. The molecule has 0 aliphatic heterocycles. The molecule has 0 saturated heterocycles. The van der Waals surface area contributed by atoms with Gasteiger partial charge in [-0.3, -0.25) is 4.90 Å². The van der Waals surface area contributed by atoms with Gasteiger partial charge < -0.3 is 9.84 Å². The number of benzene rings is 1. The van der Waals surface area contributed by atoms with Crippen molar-refractivity contribution in [3.05, 3.63) is 29.3 Å². The lowest BCUT2D eigenvalue weighted by molar-refractivity contribution is 0.215. The van der Waals surface area contributed by atoms with Crippen molar-refractivity contribution in [1.29, 1.82) is 5.26 Å². The Morgan fingerprint density at radius 1 is 1.38 bits per heavy atom. The van der Waals surface area contributed by atoms with Crippen LogP contribution in [0.2, 0.25) is 0 Å². The standard InChI is InChI=1S/C17H22N2O2/c1-14(2)19(10-5-9-18)13-16-12-15(6-4-11-20)7-8-17(16)21-3/h7-8,12,14,20H,5,10-11,13H2,1-3H3. The average Bonchev–Trinajstić information content (AvgIpc) is 2.49.